The van der Waals surface area contributed by atoms with Crippen molar-refractivity contribution in [2.75, 3.05) is 5.32 Å². The smallest absolute Gasteiger partial charge is 0.228 e. The minimum absolute atomic E-state index is 0.0452. The summed E-state index contributed by atoms with van der Waals surface area (Å²) < 4.78 is 0. The maximum Gasteiger partial charge on any atom is 0.228 e. The molecule has 2 N–H and O–H groups in total. The van der Waals surface area contributed by atoms with Crippen LogP contribution in [0.1, 0.15) is 17.1 Å². The molecule has 1 aromatic carbocycles. The monoisotopic (exact) mass is 280 g/mol. The van der Waals surface area contributed by atoms with E-state index in [9.17, 15) is 4.79 Å². The quantitative estimate of drug-likeness (QED) is 0.775. The summed E-state index contributed by atoms with van der Waals surface area (Å²) in [5.74, 6) is 0.829. The SMILES string of the molecule is Cc1cc(NC(=O)Cc2ccc3nc(C)[nH]c3c2)ccn1. The molecule has 0 fully saturated rings. The first kappa shape index (κ1) is 13.3. The first-order chi connectivity index (χ1) is 10.1. The third-order valence-electron chi connectivity index (χ3n) is 3.21. The van der Waals surface area contributed by atoms with Gasteiger partial charge in [0, 0.05) is 17.6 Å². The van der Waals surface area contributed by atoms with Gasteiger partial charge in [-0.3, -0.25) is 9.78 Å². The highest BCUT2D eigenvalue weighted by Gasteiger charge is 2.07. The van der Waals surface area contributed by atoms with E-state index >= 15 is 0 Å². The number of hydrogen-bond acceptors (Lipinski definition) is 3. The Morgan fingerprint density at radius 2 is 2.10 bits per heavy atom. The first-order valence-electron chi connectivity index (χ1n) is 6.78. The Kier molecular flexibility index (Phi) is 3.39. The highest BCUT2D eigenvalue weighted by molar-refractivity contribution is 5.92. The predicted molar refractivity (Wildman–Crippen MR) is 82.1 cm³/mol. The van der Waals surface area contributed by atoms with Crippen LogP contribution in [0.25, 0.3) is 11.0 Å². The lowest BCUT2D eigenvalue weighted by Crippen LogP contribution is -2.14. The van der Waals surface area contributed by atoms with E-state index < -0.39 is 0 Å². The average molecular weight is 280 g/mol. The summed E-state index contributed by atoms with van der Waals surface area (Å²) in [7, 11) is 0. The molecule has 21 heavy (non-hydrogen) atoms. The fraction of sp³-hybridized carbons (Fsp3) is 0.188. The van der Waals surface area contributed by atoms with Gasteiger partial charge >= 0.3 is 0 Å². The molecule has 0 bridgehead atoms. The molecule has 2 heterocycles. The molecule has 0 saturated carbocycles. The number of carbonyl (C=O) groups is 1. The van der Waals surface area contributed by atoms with Crippen LogP contribution in [0.5, 0.6) is 0 Å². The van der Waals surface area contributed by atoms with Crippen LogP contribution < -0.4 is 5.32 Å². The van der Waals surface area contributed by atoms with Crippen LogP contribution in [0.15, 0.2) is 36.5 Å². The Labute approximate surface area is 122 Å². The number of anilines is 1. The normalized spacial score (nSPS) is 10.8. The second kappa shape index (κ2) is 5.36. The summed E-state index contributed by atoms with van der Waals surface area (Å²) in [6.45, 7) is 3.81. The molecule has 2 aromatic heterocycles. The van der Waals surface area contributed by atoms with Crippen LogP contribution in [-0.2, 0) is 11.2 Å². The number of aromatic amines is 1. The molecule has 1 amide bonds. The molecule has 106 valence electrons. The van der Waals surface area contributed by atoms with Gasteiger partial charge in [0.25, 0.3) is 0 Å². The highest BCUT2D eigenvalue weighted by Crippen LogP contribution is 2.15. The lowest BCUT2D eigenvalue weighted by molar-refractivity contribution is -0.115. The molecule has 0 aliphatic rings. The van der Waals surface area contributed by atoms with Crippen LogP contribution in [0.4, 0.5) is 5.69 Å². The maximum atomic E-state index is 12.1. The predicted octanol–water partition coefficient (Wildman–Crippen LogP) is 2.76. The van der Waals surface area contributed by atoms with E-state index in [2.05, 4.69) is 20.3 Å². The van der Waals surface area contributed by atoms with Crippen molar-refractivity contribution in [2.24, 2.45) is 0 Å². The van der Waals surface area contributed by atoms with E-state index in [1.807, 2.05) is 38.1 Å². The average Bonchev–Trinajstić information content (AvgIpc) is 2.78. The molecule has 0 radical (unpaired) electrons. The molecule has 3 rings (SSSR count). The van der Waals surface area contributed by atoms with E-state index in [1.54, 1.807) is 12.3 Å². The first-order valence-corrected chi connectivity index (χ1v) is 6.78. The minimum Gasteiger partial charge on any atom is -0.342 e. The summed E-state index contributed by atoms with van der Waals surface area (Å²) in [6.07, 6.45) is 2.01. The van der Waals surface area contributed by atoms with Crippen LogP contribution in [0, 0.1) is 13.8 Å². The number of fused-ring (bicyclic) bond motifs is 1. The second-order valence-corrected chi connectivity index (χ2v) is 5.08. The minimum atomic E-state index is -0.0452. The van der Waals surface area contributed by atoms with Crippen LogP contribution in [-0.4, -0.2) is 20.9 Å². The van der Waals surface area contributed by atoms with Crippen molar-refractivity contribution in [3.05, 3.63) is 53.6 Å². The number of pyridine rings is 1. The molecular formula is C16H16N4O. The number of H-pyrrole nitrogens is 1. The van der Waals surface area contributed by atoms with E-state index in [4.69, 9.17) is 0 Å². The molecule has 0 aliphatic carbocycles. The van der Waals surface area contributed by atoms with Gasteiger partial charge in [0.2, 0.25) is 5.91 Å². The van der Waals surface area contributed by atoms with Gasteiger partial charge in [0.1, 0.15) is 5.82 Å². The van der Waals surface area contributed by atoms with Crippen LogP contribution in [0.3, 0.4) is 0 Å². The van der Waals surface area contributed by atoms with Crippen LogP contribution >= 0.6 is 0 Å². The van der Waals surface area contributed by atoms with Gasteiger partial charge in [-0.15, -0.1) is 0 Å². The largest absolute Gasteiger partial charge is 0.342 e. The third kappa shape index (κ3) is 3.08. The van der Waals surface area contributed by atoms with Gasteiger partial charge in [0.05, 0.1) is 17.5 Å². The third-order valence-corrected chi connectivity index (χ3v) is 3.21. The maximum absolute atomic E-state index is 12.1. The second-order valence-electron chi connectivity index (χ2n) is 5.08. The molecule has 5 nitrogen and oxygen atoms in total. The van der Waals surface area contributed by atoms with E-state index in [1.165, 1.54) is 0 Å². The van der Waals surface area contributed by atoms with E-state index in [0.717, 1.165) is 33.8 Å². The number of rotatable bonds is 3. The number of nitrogens with one attached hydrogen (secondary N) is 2. The van der Waals surface area contributed by atoms with Gasteiger partial charge in [-0.05, 0) is 43.7 Å². The van der Waals surface area contributed by atoms with Gasteiger partial charge in [-0.25, -0.2) is 4.98 Å². The van der Waals surface area contributed by atoms with Crippen molar-refractivity contribution < 1.29 is 4.79 Å². The molecule has 0 aliphatic heterocycles. The zero-order valence-electron chi connectivity index (χ0n) is 12.0. The number of imidazole rings is 1. The fourth-order valence-corrected chi connectivity index (χ4v) is 2.31. The van der Waals surface area contributed by atoms with E-state index in [0.29, 0.717) is 6.42 Å². The van der Waals surface area contributed by atoms with Gasteiger partial charge < -0.3 is 10.3 Å². The molecule has 0 saturated heterocycles. The molecule has 3 aromatic rings. The molecule has 0 unspecified atom stereocenters. The van der Waals surface area contributed by atoms with Crippen molar-refractivity contribution in [1.29, 1.82) is 0 Å². The Morgan fingerprint density at radius 1 is 1.24 bits per heavy atom. The van der Waals surface area contributed by atoms with E-state index in [-0.39, 0.29) is 5.91 Å². The summed E-state index contributed by atoms with van der Waals surface area (Å²) in [4.78, 5) is 23.7. The number of carbonyl (C=O) groups excluding carboxylic acids is 1. The highest BCUT2D eigenvalue weighted by atomic mass is 16.1. The Hall–Kier alpha value is -2.69. The molecule has 0 spiro atoms. The standard InChI is InChI=1S/C16H16N4O/c1-10-7-13(5-6-17-10)20-16(21)9-12-3-4-14-15(8-12)19-11(2)18-14/h3-8H,9H2,1-2H3,(H,18,19)(H,17,20,21). The molecule has 5 heteroatoms. The van der Waals surface area contributed by atoms with Gasteiger partial charge in [0.15, 0.2) is 0 Å². The fourth-order valence-electron chi connectivity index (χ4n) is 2.31. The Morgan fingerprint density at radius 3 is 2.90 bits per heavy atom. The van der Waals surface area contributed by atoms with Crippen molar-refractivity contribution in [3.63, 3.8) is 0 Å². The number of amides is 1. The number of nitrogens with zero attached hydrogens (tertiary/aromatic N) is 2. The number of benzene rings is 1. The van der Waals surface area contributed by atoms with Crippen LogP contribution in [0.2, 0.25) is 0 Å². The summed E-state index contributed by atoms with van der Waals surface area (Å²) in [5.41, 5.74) is 4.47. The number of hydrogen-bond donors (Lipinski definition) is 2. The topological polar surface area (TPSA) is 70.7 Å². The van der Waals surface area contributed by atoms with Crippen molar-refractivity contribution in [3.8, 4) is 0 Å². The zero-order valence-corrected chi connectivity index (χ0v) is 12.0. The zero-order chi connectivity index (χ0) is 14.8. The summed E-state index contributed by atoms with van der Waals surface area (Å²) in [6, 6.07) is 9.45. The van der Waals surface area contributed by atoms with Crippen molar-refractivity contribution in [2.45, 2.75) is 20.3 Å². The number of aromatic nitrogens is 3. The van der Waals surface area contributed by atoms with Crippen molar-refractivity contribution >= 4 is 22.6 Å². The van der Waals surface area contributed by atoms with Gasteiger partial charge in [-0.2, -0.15) is 0 Å². The Balaban J connectivity index is 1.73. The van der Waals surface area contributed by atoms with Gasteiger partial charge in [-0.1, -0.05) is 6.07 Å². The molecular weight excluding hydrogens is 264 g/mol. The Bertz CT molecular complexity index is 807. The summed E-state index contributed by atoms with van der Waals surface area (Å²) >= 11 is 0. The number of aryl methyl sites for hydroxylation is 2. The summed E-state index contributed by atoms with van der Waals surface area (Å²) in [5, 5.41) is 2.88. The van der Waals surface area contributed by atoms with Crippen molar-refractivity contribution in [1.82, 2.24) is 15.0 Å². The lowest BCUT2D eigenvalue weighted by Gasteiger charge is -2.05. The molecule has 0 atom stereocenters. The lowest BCUT2D eigenvalue weighted by atomic mass is 10.1.